The van der Waals surface area contributed by atoms with Gasteiger partial charge in [0.25, 0.3) is 0 Å². The van der Waals surface area contributed by atoms with E-state index in [2.05, 4.69) is 55.2 Å². The number of hydrogen-bond donors (Lipinski definition) is 2. The Bertz CT molecular complexity index is 432. The fourth-order valence-electron chi connectivity index (χ4n) is 3.07. The lowest BCUT2D eigenvalue weighted by molar-refractivity contribution is 0.136. The topological polar surface area (TPSA) is 59.1 Å². The van der Waals surface area contributed by atoms with Crippen LogP contribution < -0.4 is 11.3 Å². The normalized spacial score (nSPS) is 19.1. The molecular formula is C16H31N5. The Morgan fingerprint density at radius 3 is 2.62 bits per heavy atom. The molecule has 1 fully saturated rings. The molecule has 1 aromatic rings. The van der Waals surface area contributed by atoms with E-state index < -0.39 is 0 Å². The van der Waals surface area contributed by atoms with Crippen LogP contribution in [0.15, 0.2) is 12.3 Å². The highest BCUT2D eigenvalue weighted by Gasteiger charge is 2.31. The molecule has 0 aliphatic heterocycles. The van der Waals surface area contributed by atoms with Crippen LogP contribution in [0, 0.1) is 0 Å². The molecule has 0 amide bonds. The maximum atomic E-state index is 5.78. The van der Waals surface area contributed by atoms with Gasteiger partial charge in [-0.25, -0.2) is 0 Å². The number of rotatable bonds is 6. The van der Waals surface area contributed by atoms with E-state index in [1.54, 1.807) is 0 Å². The average Bonchev–Trinajstić information content (AvgIpc) is 2.94. The minimum atomic E-state index is -0.0244. The van der Waals surface area contributed by atoms with E-state index in [9.17, 15) is 0 Å². The number of hydrogen-bond acceptors (Lipinski definition) is 4. The summed E-state index contributed by atoms with van der Waals surface area (Å²) in [7, 11) is 4.18. The first-order chi connectivity index (χ1) is 9.95. The van der Waals surface area contributed by atoms with Crippen LogP contribution in [0.25, 0.3) is 0 Å². The van der Waals surface area contributed by atoms with Gasteiger partial charge in [-0.2, -0.15) is 5.10 Å². The van der Waals surface area contributed by atoms with Gasteiger partial charge in [0.2, 0.25) is 0 Å². The lowest BCUT2D eigenvalue weighted by atomic mass is 9.90. The number of aromatic nitrogens is 2. The summed E-state index contributed by atoms with van der Waals surface area (Å²) in [6, 6.07) is 2.91. The van der Waals surface area contributed by atoms with Crippen LogP contribution >= 0.6 is 0 Å². The first kappa shape index (κ1) is 16.5. The molecule has 1 heterocycles. The van der Waals surface area contributed by atoms with E-state index in [0.717, 1.165) is 12.1 Å². The van der Waals surface area contributed by atoms with Crippen molar-refractivity contribution in [2.75, 3.05) is 14.1 Å². The van der Waals surface area contributed by atoms with Gasteiger partial charge in [-0.15, -0.1) is 0 Å². The molecule has 0 bridgehead atoms. The first-order valence-electron chi connectivity index (χ1n) is 8.12. The molecule has 21 heavy (non-hydrogen) atoms. The van der Waals surface area contributed by atoms with Gasteiger partial charge in [-0.3, -0.25) is 16.0 Å². The van der Waals surface area contributed by atoms with Gasteiger partial charge in [0.15, 0.2) is 0 Å². The molecule has 0 aromatic carbocycles. The predicted molar refractivity (Wildman–Crippen MR) is 86.9 cm³/mol. The van der Waals surface area contributed by atoms with Crippen molar-refractivity contribution in [1.82, 2.24) is 20.1 Å². The minimum absolute atomic E-state index is 0.0244. The molecule has 0 saturated heterocycles. The second-order valence-electron chi connectivity index (χ2n) is 7.05. The van der Waals surface area contributed by atoms with Gasteiger partial charge in [0.05, 0.1) is 11.7 Å². The molecule has 2 rings (SSSR count). The second-order valence-corrected chi connectivity index (χ2v) is 7.05. The quantitative estimate of drug-likeness (QED) is 0.623. The molecule has 1 aliphatic carbocycles. The van der Waals surface area contributed by atoms with Crippen molar-refractivity contribution in [3.8, 4) is 0 Å². The van der Waals surface area contributed by atoms with Crippen molar-refractivity contribution < 1.29 is 0 Å². The van der Waals surface area contributed by atoms with E-state index >= 15 is 0 Å². The number of likely N-dealkylation sites (N-methyl/N-ethyl adjacent to an activating group) is 1. The Morgan fingerprint density at radius 2 is 2.05 bits per heavy atom. The third-order valence-electron chi connectivity index (χ3n) is 5.23. The summed E-state index contributed by atoms with van der Waals surface area (Å²) in [6.07, 6.45) is 9.57. The van der Waals surface area contributed by atoms with Crippen molar-refractivity contribution in [2.45, 2.75) is 70.0 Å². The van der Waals surface area contributed by atoms with Crippen LogP contribution in [0.2, 0.25) is 0 Å². The Hall–Kier alpha value is -0.910. The Labute approximate surface area is 128 Å². The maximum Gasteiger partial charge on any atom is 0.0641 e. The van der Waals surface area contributed by atoms with Crippen molar-refractivity contribution in [1.29, 1.82) is 0 Å². The third-order valence-corrected chi connectivity index (χ3v) is 5.23. The van der Waals surface area contributed by atoms with Crippen molar-refractivity contribution in [3.63, 3.8) is 0 Å². The standard InChI is InChI=1S/C16H31N5/c1-16(2,20(3)4)15(18-17)12-13-10-11-21(19-13)14-8-6-5-7-9-14/h10-11,14-15,18H,5-9,12,17H2,1-4H3. The molecule has 0 spiro atoms. The zero-order valence-corrected chi connectivity index (χ0v) is 14.0. The van der Waals surface area contributed by atoms with Crippen LogP contribution in [0.4, 0.5) is 0 Å². The van der Waals surface area contributed by atoms with Crippen LogP contribution in [-0.2, 0) is 6.42 Å². The first-order valence-corrected chi connectivity index (χ1v) is 8.12. The lowest BCUT2D eigenvalue weighted by Crippen LogP contribution is -2.58. The molecule has 1 aromatic heterocycles. The van der Waals surface area contributed by atoms with E-state index in [-0.39, 0.29) is 11.6 Å². The average molecular weight is 293 g/mol. The minimum Gasteiger partial charge on any atom is -0.303 e. The van der Waals surface area contributed by atoms with E-state index in [4.69, 9.17) is 10.9 Å². The Balaban J connectivity index is 2.03. The molecule has 3 N–H and O–H groups in total. The van der Waals surface area contributed by atoms with Crippen LogP contribution in [-0.4, -0.2) is 40.4 Å². The SMILES string of the molecule is CN(C)C(C)(C)C(Cc1ccn(C2CCCCC2)n1)NN. The van der Waals surface area contributed by atoms with Crippen LogP contribution in [0.1, 0.15) is 57.7 Å². The van der Waals surface area contributed by atoms with Gasteiger partial charge >= 0.3 is 0 Å². The monoisotopic (exact) mass is 293 g/mol. The summed E-state index contributed by atoms with van der Waals surface area (Å²) >= 11 is 0. The van der Waals surface area contributed by atoms with Crippen molar-refractivity contribution in [3.05, 3.63) is 18.0 Å². The fourth-order valence-corrected chi connectivity index (χ4v) is 3.07. The Morgan fingerprint density at radius 1 is 1.38 bits per heavy atom. The van der Waals surface area contributed by atoms with Gasteiger partial charge in [-0.05, 0) is 46.9 Å². The summed E-state index contributed by atoms with van der Waals surface area (Å²) in [6.45, 7) is 4.41. The smallest absolute Gasteiger partial charge is 0.0641 e. The van der Waals surface area contributed by atoms with E-state index in [1.165, 1.54) is 32.1 Å². The molecular weight excluding hydrogens is 262 g/mol. The largest absolute Gasteiger partial charge is 0.303 e. The summed E-state index contributed by atoms with van der Waals surface area (Å²) in [5.74, 6) is 5.78. The molecule has 1 saturated carbocycles. The van der Waals surface area contributed by atoms with Gasteiger partial charge in [-0.1, -0.05) is 19.3 Å². The molecule has 5 nitrogen and oxygen atoms in total. The van der Waals surface area contributed by atoms with E-state index in [1.807, 2.05) is 0 Å². The number of nitrogens with one attached hydrogen (secondary N) is 1. The zero-order chi connectivity index (χ0) is 15.5. The molecule has 1 aliphatic rings. The number of nitrogens with zero attached hydrogens (tertiary/aromatic N) is 3. The fraction of sp³-hybridized carbons (Fsp3) is 0.812. The highest BCUT2D eigenvalue weighted by atomic mass is 15.3. The molecule has 0 radical (unpaired) electrons. The summed E-state index contributed by atoms with van der Waals surface area (Å²) in [5.41, 5.74) is 4.07. The predicted octanol–water partition coefficient (Wildman–Crippen LogP) is 2.10. The highest BCUT2D eigenvalue weighted by molar-refractivity contribution is 5.06. The maximum absolute atomic E-state index is 5.78. The zero-order valence-electron chi connectivity index (χ0n) is 14.0. The van der Waals surface area contributed by atoms with Crippen molar-refractivity contribution in [2.24, 2.45) is 5.84 Å². The van der Waals surface area contributed by atoms with Gasteiger partial charge in [0, 0.05) is 24.2 Å². The van der Waals surface area contributed by atoms with Crippen molar-refractivity contribution >= 4 is 0 Å². The molecule has 1 atom stereocenters. The van der Waals surface area contributed by atoms with E-state index in [0.29, 0.717) is 6.04 Å². The van der Waals surface area contributed by atoms with Gasteiger partial charge < -0.3 is 4.90 Å². The Kier molecular flexibility index (Phi) is 5.41. The molecule has 120 valence electrons. The summed E-state index contributed by atoms with van der Waals surface area (Å²) in [4.78, 5) is 2.20. The van der Waals surface area contributed by atoms with Gasteiger partial charge in [0.1, 0.15) is 0 Å². The third kappa shape index (κ3) is 3.84. The van der Waals surface area contributed by atoms with Crippen LogP contribution in [0.3, 0.4) is 0 Å². The highest BCUT2D eigenvalue weighted by Crippen LogP contribution is 2.27. The van der Waals surface area contributed by atoms with Crippen LogP contribution in [0.5, 0.6) is 0 Å². The molecule has 1 unspecified atom stereocenters. The molecule has 5 heteroatoms. The summed E-state index contributed by atoms with van der Waals surface area (Å²) in [5, 5.41) is 4.80. The summed E-state index contributed by atoms with van der Waals surface area (Å²) < 4.78 is 2.17. The second kappa shape index (κ2) is 6.90. The number of hydrazine groups is 1. The lowest BCUT2D eigenvalue weighted by Gasteiger charge is -2.39. The number of nitrogens with two attached hydrogens (primary N) is 1.